The first-order chi connectivity index (χ1) is 13.5. The number of rotatable bonds is 4. The normalized spacial score (nSPS) is 11.0. The topological polar surface area (TPSA) is 106 Å². The molecule has 0 saturated heterocycles. The molecule has 4 rings (SSSR count). The van der Waals surface area contributed by atoms with Crippen LogP contribution in [0.2, 0.25) is 5.28 Å². The van der Waals surface area contributed by atoms with Gasteiger partial charge in [0.25, 0.3) is 0 Å². The molecule has 0 amide bonds. The van der Waals surface area contributed by atoms with E-state index in [9.17, 15) is 4.79 Å². The summed E-state index contributed by atoms with van der Waals surface area (Å²) in [6, 6.07) is 0. The number of aryl methyl sites for hydroxylation is 2. The van der Waals surface area contributed by atoms with Crippen LogP contribution in [0.1, 0.15) is 25.0 Å². The van der Waals surface area contributed by atoms with E-state index >= 15 is 0 Å². The van der Waals surface area contributed by atoms with Gasteiger partial charge in [-0.3, -0.25) is 4.98 Å². The third-order valence-corrected chi connectivity index (χ3v) is 5.32. The van der Waals surface area contributed by atoms with Crippen LogP contribution in [0.5, 0.6) is 0 Å². The van der Waals surface area contributed by atoms with Crippen molar-refractivity contribution < 1.29 is 0 Å². The molecule has 0 atom stereocenters. The van der Waals surface area contributed by atoms with Gasteiger partial charge in [-0.1, -0.05) is 37.4 Å². The van der Waals surface area contributed by atoms with Crippen molar-refractivity contribution in [2.45, 2.75) is 37.0 Å². The highest BCUT2D eigenvalue weighted by Gasteiger charge is 2.10. The predicted molar refractivity (Wildman–Crippen MR) is 112 cm³/mol. The fraction of sp³-hybridized carbons (Fsp3) is 0.375. The first-order valence-electron chi connectivity index (χ1n) is 8.47. The quantitative estimate of drug-likeness (QED) is 0.485. The third kappa shape index (κ3) is 4.01. The maximum absolute atomic E-state index is 11.5. The summed E-state index contributed by atoms with van der Waals surface area (Å²) in [6.45, 7) is 4.07. The molecule has 9 nitrogen and oxygen atoms in total. The molecule has 1 N–H and O–H groups in total. The van der Waals surface area contributed by atoms with Crippen molar-refractivity contribution in [1.29, 1.82) is 0 Å². The lowest BCUT2D eigenvalue weighted by molar-refractivity contribution is 0.786. The molecule has 0 aliphatic carbocycles. The van der Waals surface area contributed by atoms with E-state index in [1.54, 1.807) is 16.9 Å². The van der Waals surface area contributed by atoms with Crippen molar-refractivity contribution in [3.63, 3.8) is 0 Å². The summed E-state index contributed by atoms with van der Waals surface area (Å²) in [4.78, 5) is 26.8. The number of nitrogens with zero attached hydrogens (tertiary/aromatic N) is 7. The Morgan fingerprint density at radius 1 is 0.964 bits per heavy atom. The van der Waals surface area contributed by atoms with Crippen molar-refractivity contribution in [2.75, 3.05) is 12.5 Å². The molecule has 148 valence electrons. The molecule has 0 radical (unpaired) electrons. The van der Waals surface area contributed by atoms with Crippen LogP contribution < -0.4 is 5.69 Å². The van der Waals surface area contributed by atoms with Crippen LogP contribution in [0, 0.1) is 0 Å². The number of aromatic amines is 1. The van der Waals surface area contributed by atoms with Crippen LogP contribution in [0.15, 0.2) is 27.5 Å². The molecule has 0 aromatic carbocycles. The van der Waals surface area contributed by atoms with Gasteiger partial charge in [-0.05, 0) is 37.0 Å². The Morgan fingerprint density at radius 3 is 2.14 bits per heavy atom. The fourth-order valence-electron chi connectivity index (χ4n) is 2.47. The van der Waals surface area contributed by atoms with Gasteiger partial charge in [0.1, 0.15) is 0 Å². The molecule has 0 saturated carbocycles. The molecule has 0 unspecified atom stereocenters. The van der Waals surface area contributed by atoms with E-state index in [-0.39, 0.29) is 5.69 Å². The van der Waals surface area contributed by atoms with Gasteiger partial charge >= 0.3 is 5.69 Å². The standard InChI is InChI=1S/C8H9ClN4S.C8H10N4OS/c1-3-5-4-10-13-6(5)11-8(14-2)12-7(13)9;1-3-5-4-9-12-6(5)10-7(14-2)11-8(12)13/h4H,3H2,1-2H3;4H,3H2,1-2H3,(H,10,11,13). The fourth-order valence-corrected chi connectivity index (χ4v) is 3.45. The Hall–Kier alpha value is -2.11. The zero-order chi connectivity index (χ0) is 20.3. The second kappa shape index (κ2) is 8.93. The molecule has 4 aromatic heterocycles. The van der Waals surface area contributed by atoms with Crippen molar-refractivity contribution in [3.05, 3.63) is 39.3 Å². The molecule has 0 aliphatic heterocycles. The molecule has 0 fully saturated rings. The maximum atomic E-state index is 11.5. The van der Waals surface area contributed by atoms with Crippen LogP contribution in [0.25, 0.3) is 11.3 Å². The molecule has 12 heteroatoms. The summed E-state index contributed by atoms with van der Waals surface area (Å²) in [5.41, 5.74) is 3.30. The van der Waals surface area contributed by atoms with Crippen LogP contribution in [-0.4, -0.2) is 51.7 Å². The second-order valence-electron chi connectivity index (χ2n) is 5.55. The van der Waals surface area contributed by atoms with E-state index in [1.807, 2.05) is 19.4 Å². The van der Waals surface area contributed by atoms with Crippen LogP contribution in [0.4, 0.5) is 0 Å². The summed E-state index contributed by atoms with van der Waals surface area (Å²) in [5.74, 6) is 0. The molecular formula is C16H19ClN8OS2. The minimum atomic E-state index is -0.237. The number of halogens is 1. The SMILES string of the molecule is CCc1cnn2c(=O)[nH]c(SC)nc12.CCc1cnn2c(Cl)nc(SC)nc12. The van der Waals surface area contributed by atoms with E-state index in [0.717, 1.165) is 29.6 Å². The first-order valence-corrected chi connectivity index (χ1v) is 11.3. The summed E-state index contributed by atoms with van der Waals surface area (Å²) < 4.78 is 2.85. The summed E-state index contributed by atoms with van der Waals surface area (Å²) in [5, 5.41) is 9.74. The number of H-pyrrole nitrogens is 1. The number of thioether (sulfide) groups is 2. The molecule has 0 bridgehead atoms. The minimum Gasteiger partial charge on any atom is -0.285 e. The Labute approximate surface area is 174 Å². The maximum Gasteiger partial charge on any atom is 0.350 e. The number of nitrogens with one attached hydrogen (secondary N) is 1. The monoisotopic (exact) mass is 438 g/mol. The third-order valence-electron chi connectivity index (χ3n) is 3.95. The molecule has 28 heavy (non-hydrogen) atoms. The van der Waals surface area contributed by atoms with Crippen molar-refractivity contribution in [1.82, 2.24) is 39.2 Å². The van der Waals surface area contributed by atoms with Gasteiger partial charge in [0.05, 0.1) is 12.4 Å². The lowest BCUT2D eigenvalue weighted by Crippen LogP contribution is -2.19. The number of hydrogen-bond donors (Lipinski definition) is 1. The Morgan fingerprint density at radius 2 is 1.57 bits per heavy atom. The lowest BCUT2D eigenvalue weighted by atomic mass is 10.3. The van der Waals surface area contributed by atoms with E-state index in [2.05, 4.69) is 37.1 Å². The highest BCUT2D eigenvalue weighted by Crippen LogP contribution is 2.17. The zero-order valence-electron chi connectivity index (χ0n) is 15.8. The predicted octanol–water partition coefficient (Wildman–Crippen LogP) is 2.76. The summed E-state index contributed by atoms with van der Waals surface area (Å²) >= 11 is 8.83. The van der Waals surface area contributed by atoms with Crippen LogP contribution in [0.3, 0.4) is 0 Å². The Bertz CT molecular complexity index is 1170. The summed E-state index contributed by atoms with van der Waals surface area (Å²) in [7, 11) is 0. The first kappa shape index (κ1) is 20.6. The molecular weight excluding hydrogens is 420 g/mol. The lowest BCUT2D eigenvalue weighted by Gasteiger charge is -1.99. The highest BCUT2D eigenvalue weighted by atomic mass is 35.5. The average Bonchev–Trinajstić information content (AvgIpc) is 3.32. The van der Waals surface area contributed by atoms with Gasteiger partial charge in [0, 0.05) is 11.1 Å². The zero-order valence-corrected chi connectivity index (χ0v) is 18.2. The van der Waals surface area contributed by atoms with Gasteiger partial charge in [-0.2, -0.15) is 24.2 Å². The largest absolute Gasteiger partial charge is 0.350 e. The summed E-state index contributed by atoms with van der Waals surface area (Å²) in [6.07, 6.45) is 8.97. The van der Waals surface area contributed by atoms with E-state index in [4.69, 9.17) is 11.6 Å². The van der Waals surface area contributed by atoms with Gasteiger partial charge in [0.15, 0.2) is 21.6 Å². The van der Waals surface area contributed by atoms with Gasteiger partial charge in [0.2, 0.25) is 5.28 Å². The molecule has 0 aliphatic rings. The Balaban J connectivity index is 0.000000161. The van der Waals surface area contributed by atoms with E-state index < -0.39 is 0 Å². The van der Waals surface area contributed by atoms with Gasteiger partial charge in [-0.15, -0.1) is 0 Å². The molecule has 4 aromatic rings. The molecule has 0 spiro atoms. The van der Waals surface area contributed by atoms with Gasteiger partial charge in [-0.25, -0.2) is 14.8 Å². The van der Waals surface area contributed by atoms with E-state index in [0.29, 0.717) is 21.2 Å². The minimum absolute atomic E-state index is 0.237. The number of hydrogen-bond acceptors (Lipinski definition) is 8. The second-order valence-corrected chi connectivity index (χ2v) is 7.45. The van der Waals surface area contributed by atoms with E-state index in [1.165, 1.54) is 28.0 Å². The van der Waals surface area contributed by atoms with Crippen molar-refractivity contribution in [3.8, 4) is 0 Å². The van der Waals surface area contributed by atoms with Gasteiger partial charge < -0.3 is 0 Å². The van der Waals surface area contributed by atoms with Crippen LogP contribution in [-0.2, 0) is 12.8 Å². The Kier molecular flexibility index (Phi) is 6.57. The van der Waals surface area contributed by atoms with Crippen molar-refractivity contribution >= 4 is 46.4 Å². The number of fused-ring (bicyclic) bond motifs is 2. The van der Waals surface area contributed by atoms with Crippen molar-refractivity contribution in [2.24, 2.45) is 0 Å². The smallest absolute Gasteiger partial charge is 0.285 e. The highest BCUT2D eigenvalue weighted by molar-refractivity contribution is 7.98. The average molecular weight is 439 g/mol. The number of aromatic nitrogens is 8. The molecule has 4 heterocycles. The van der Waals surface area contributed by atoms with Crippen LogP contribution >= 0.6 is 35.1 Å².